The molecule has 2 atom stereocenters. The van der Waals surface area contributed by atoms with E-state index in [1.165, 1.54) is 6.42 Å². The van der Waals surface area contributed by atoms with Gasteiger partial charge in [0.05, 0.1) is 0 Å². The summed E-state index contributed by atoms with van der Waals surface area (Å²) < 4.78 is 0. The lowest BCUT2D eigenvalue weighted by atomic mass is 9.67. The smallest absolute Gasteiger partial charge is 0.223 e. The summed E-state index contributed by atoms with van der Waals surface area (Å²) in [7, 11) is 0. The van der Waals surface area contributed by atoms with Gasteiger partial charge in [-0.25, -0.2) is 0 Å². The molecule has 0 aromatic carbocycles. The summed E-state index contributed by atoms with van der Waals surface area (Å²) in [5.74, 6) is 1.50. The van der Waals surface area contributed by atoms with Crippen LogP contribution in [0.1, 0.15) is 52.9 Å². The van der Waals surface area contributed by atoms with Crippen LogP contribution in [0.15, 0.2) is 0 Å². The van der Waals surface area contributed by atoms with Gasteiger partial charge in [0, 0.05) is 18.6 Å². The maximum Gasteiger partial charge on any atom is 0.223 e. The van der Waals surface area contributed by atoms with Crippen molar-refractivity contribution in [2.24, 2.45) is 23.2 Å². The van der Waals surface area contributed by atoms with Crippen molar-refractivity contribution in [1.82, 2.24) is 5.32 Å². The molecule has 0 aliphatic heterocycles. The van der Waals surface area contributed by atoms with E-state index in [0.29, 0.717) is 23.3 Å². The monoisotopic (exact) mass is 253 g/mol. The van der Waals surface area contributed by atoms with E-state index in [4.69, 9.17) is 5.11 Å². The van der Waals surface area contributed by atoms with E-state index in [9.17, 15) is 4.79 Å². The molecule has 2 N–H and O–H groups in total. The third-order valence-corrected chi connectivity index (χ3v) is 4.60. The molecule has 1 amide bonds. The highest BCUT2D eigenvalue weighted by Crippen LogP contribution is 2.42. The SMILES string of the molecule is CC1CC(C(=O)NC2CC(CO)C2)CC(C)(C)C1. The predicted octanol–water partition coefficient (Wildman–Crippen LogP) is 2.34. The molecular formula is C15H27NO2. The molecule has 2 saturated carbocycles. The molecule has 0 heterocycles. The van der Waals surface area contributed by atoms with Gasteiger partial charge in [-0.05, 0) is 49.4 Å². The summed E-state index contributed by atoms with van der Waals surface area (Å²) in [6.45, 7) is 7.06. The van der Waals surface area contributed by atoms with Crippen molar-refractivity contribution in [2.75, 3.05) is 6.61 Å². The van der Waals surface area contributed by atoms with Crippen molar-refractivity contribution in [1.29, 1.82) is 0 Å². The summed E-state index contributed by atoms with van der Waals surface area (Å²) >= 11 is 0. The highest BCUT2D eigenvalue weighted by atomic mass is 16.3. The second-order valence-corrected chi connectivity index (χ2v) is 7.34. The third kappa shape index (κ3) is 3.25. The maximum atomic E-state index is 12.3. The van der Waals surface area contributed by atoms with Crippen molar-refractivity contribution in [3.63, 3.8) is 0 Å². The zero-order chi connectivity index (χ0) is 13.3. The Kier molecular flexibility index (Phi) is 4.00. The lowest BCUT2D eigenvalue weighted by Crippen LogP contribution is -2.48. The van der Waals surface area contributed by atoms with E-state index < -0.39 is 0 Å². The van der Waals surface area contributed by atoms with E-state index in [1.807, 2.05) is 0 Å². The van der Waals surface area contributed by atoms with Crippen LogP contribution in [0.25, 0.3) is 0 Å². The molecule has 0 saturated heterocycles. The lowest BCUT2D eigenvalue weighted by Gasteiger charge is -2.40. The van der Waals surface area contributed by atoms with Crippen LogP contribution in [0.4, 0.5) is 0 Å². The Balaban J connectivity index is 1.82. The van der Waals surface area contributed by atoms with Gasteiger partial charge in [0.1, 0.15) is 0 Å². The van der Waals surface area contributed by atoms with Gasteiger partial charge in [-0.2, -0.15) is 0 Å². The molecule has 0 bridgehead atoms. The second kappa shape index (κ2) is 5.20. The fourth-order valence-electron chi connectivity index (χ4n) is 3.87. The zero-order valence-electron chi connectivity index (χ0n) is 11.9. The Morgan fingerprint density at radius 2 is 1.94 bits per heavy atom. The van der Waals surface area contributed by atoms with E-state index in [2.05, 4.69) is 26.1 Å². The number of aliphatic hydroxyl groups is 1. The Labute approximate surface area is 110 Å². The first kappa shape index (κ1) is 13.9. The van der Waals surface area contributed by atoms with Crippen molar-refractivity contribution in [3.05, 3.63) is 0 Å². The van der Waals surface area contributed by atoms with E-state index >= 15 is 0 Å². The molecule has 18 heavy (non-hydrogen) atoms. The molecule has 2 aliphatic rings. The fraction of sp³-hybridized carbons (Fsp3) is 0.933. The standard InChI is InChI=1S/C15H27NO2/c1-10-4-12(8-15(2,3)7-10)14(18)16-13-5-11(6-13)9-17/h10-13,17H,4-9H2,1-3H3,(H,16,18). The van der Waals surface area contributed by atoms with Gasteiger partial charge in [0.15, 0.2) is 0 Å². The molecule has 104 valence electrons. The van der Waals surface area contributed by atoms with Crippen LogP contribution in [0, 0.1) is 23.2 Å². The summed E-state index contributed by atoms with van der Waals surface area (Å²) in [5, 5.41) is 12.1. The molecule has 0 spiro atoms. The van der Waals surface area contributed by atoms with Gasteiger partial charge in [-0.1, -0.05) is 20.8 Å². The Morgan fingerprint density at radius 3 is 2.50 bits per heavy atom. The topological polar surface area (TPSA) is 49.3 Å². The zero-order valence-corrected chi connectivity index (χ0v) is 11.9. The number of aliphatic hydroxyl groups excluding tert-OH is 1. The van der Waals surface area contributed by atoms with Crippen LogP contribution in [-0.2, 0) is 4.79 Å². The largest absolute Gasteiger partial charge is 0.396 e. The number of amides is 1. The van der Waals surface area contributed by atoms with Crippen LogP contribution in [0.3, 0.4) is 0 Å². The van der Waals surface area contributed by atoms with Gasteiger partial charge in [-0.3, -0.25) is 4.79 Å². The molecule has 0 radical (unpaired) electrons. The molecule has 3 heteroatoms. The van der Waals surface area contributed by atoms with Crippen molar-refractivity contribution in [3.8, 4) is 0 Å². The van der Waals surface area contributed by atoms with Crippen molar-refractivity contribution < 1.29 is 9.90 Å². The molecule has 2 rings (SSSR count). The van der Waals surface area contributed by atoms with Gasteiger partial charge in [-0.15, -0.1) is 0 Å². The van der Waals surface area contributed by atoms with Gasteiger partial charge in [0.25, 0.3) is 0 Å². The Bertz CT molecular complexity index is 308. The van der Waals surface area contributed by atoms with Crippen LogP contribution < -0.4 is 5.32 Å². The first-order valence-corrected chi connectivity index (χ1v) is 7.31. The molecule has 3 nitrogen and oxygen atoms in total. The molecule has 2 unspecified atom stereocenters. The summed E-state index contributed by atoms with van der Waals surface area (Å²) in [6, 6.07) is 0.315. The second-order valence-electron chi connectivity index (χ2n) is 7.34. The Morgan fingerprint density at radius 1 is 1.28 bits per heavy atom. The fourth-order valence-corrected chi connectivity index (χ4v) is 3.87. The number of carbonyl (C=O) groups excluding carboxylic acids is 1. The highest BCUT2D eigenvalue weighted by Gasteiger charge is 2.37. The Hall–Kier alpha value is -0.570. The van der Waals surface area contributed by atoms with E-state index in [-0.39, 0.29) is 18.4 Å². The summed E-state index contributed by atoms with van der Waals surface area (Å²) in [6.07, 6.45) is 5.18. The van der Waals surface area contributed by atoms with Gasteiger partial charge >= 0.3 is 0 Å². The number of rotatable bonds is 3. The normalized spacial score (nSPS) is 38.9. The molecule has 0 aromatic heterocycles. The van der Waals surface area contributed by atoms with Crippen molar-refractivity contribution in [2.45, 2.75) is 58.9 Å². The first-order valence-electron chi connectivity index (χ1n) is 7.31. The highest BCUT2D eigenvalue weighted by molar-refractivity contribution is 5.79. The van der Waals surface area contributed by atoms with Gasteiger partial charge in [0.2, 0.25) is 5.91 Å². The lowest BCUT2D eigenvalue weighted by molar-refractivity contribution is -0.129. The molecular weight excluding hydrogens is 226 g/mol. The molecule has 0 aromatic rings. The third-order valence-electron chi connectivity index (χ3n) is 4.60. The summed E-state index contributed by atoms with van der Waals surface area (Å²) in [5.41, 5.74) is 0.299. The molecule has 2 fully saturated rings. The average molecular weight is 253 g/mol. The minimum absolute atomic E-state index is 0.192. The number of hydrogen-bond donors (Lipinski definition) is 2. The maximum absolute atomic E-state index is 12.3. The van der Waals surface area contributed by atoms with E-state index in [0.717, 1.165) is 25.7 Å². The first-order chi connectivity index (χ1) is 8.39. The quantitative estimate of drug-likeness (QED) is 0.811. The number of nitrogens with one attached hydrogen (secondary N) is 1. The average Bonchev–Trinajstić information content (AvgIpc) is 2.19. The van der Waals surface area contributed by atoms with Crippen LogP contribution in [-0.4, -0.2) is 23.7 Å². The van der Waals surface area contributed by atoms with Gasteiger partial charge < -0.3 is 10.4 Å². The van der Waals surface area contributed by atoms with Crippen LogP contribution >= 0.6 is 0 Å². The van der Waals surface area contributed by atoms with E-state index in [1.54, 1.807) is 0 Å². The van der Waals surface area contributed by atoms with Crippen molar-refractivity contribution >= 4 is 5.91 Å². The minimum atomic E-state index is 0.192. The molecule has 2 aliphatic carbocycles. The number of hydrogen-bond acceptors (Lipinski definition) is 2. The number of carbonyl (C=O) groups is 1. The predicted molar refractivity (Wildman–Crippen MR) is 72.0 cm³/mol. The minimum Gasteiger partial charge on any atom is -0.396 e. The van der Waals surface area contributed by atoms with Crippen LogP contribution in [0.2, 0.25) is 0 Å². The summed E-state index contributed by atoms with van der Waals surface area (Å²) in [4.78, 5) is 12.3. The van der Waals surface area contributed by atoms with Crippen LogP contribution in [0.5, 0.6) is 0 Å².